The topological polar surface area (TPSA) is 12.0 Å². The Balaban J connectivity index is 1.92. The van der Waals surface area contributed by atoms with E-state index in [4.69, 9.17) is 0 Å². The fourth-order valence-electron chi connectivity index (χ4n) is 2.68. The molecule has 0 bridgehead atoms. The van der Waals surface area contributed by atoms with E-state index in [1.807, 2.05) is 26.1 Å². The zero-order valence-electron chi connectivity index (χ0n) is 12.2. The first-order valence-electron chi connectivity index (χ1n) is 7.07. The van der Waals surface area contributed by atoms with Gasteiger partial charge in [-0.1, -0.05) is 30.3 Å². The van der Waals surface area contributed by atoms with Crippen molar-refractivity contribution >= 4 is 21.4 Å². The van der Waals surface area contributed by atoms with E-state index in [0.717, 1.165) is 12.0 Å². The van der Waals surface area contributed by atoms with Crippen molar-refractivity contribution in [1.29, 1.82) is 0 Å². The molecule has 1 atom stereocenters. The van der Waals surface area contributed by atoms with Crippen LogP contribution in [0.25, 0.3) is 10.1 Å². The minimum atomic E-state index is -0.144. The Labute approximate surface area is 128 Å². The molecule has 0 radical (unpaired) electrons. The van der Waals surface area contributed by atoms with Gasteiger partial charge < -0.3 is 5.32 Å². The van der Waals surface area contributed by atoms with Crippen LogP contribution in [-0.2, 0) is 6.42 Å². The number of hydrogen-bond acceptors (Lipinski definition) is 2. The number of nitrogens with one attached hydrogen (secondary N) is 1. The van der Waals surface area contributed by atoms with Crippen molar-refractivity contribution in [2.45, 2.75) is 19.4 Å². The third-order valence-corrected chi connectivity index (χ3v) is 4.93. The monoisotopic (exact) mass is 299 g/mol. The Morgan fingerprint density at radius 3 is 2.76 bits per heavy atom. The molecular formula is C18H18FNS. The van der Waals surface area contributed by atoms with E-state index >= 15 is 0 Å². The summed E-state index contributed by atoms with van der Waals surface area (Å²) < 4.78 is 14.8. The van der Waals surface area contributed by atoms with Gasteiger partial charge in [-0.25, -0.2) is 4.39 Å². The van der Waals surface area contributed by atoms with Crippen LogP contribution in [0.2, 0.25) is 0 Å². The second-order valence-corrected chi connectivity index (χ2v) is 6.22. The summed E-state index contributed by atoms with van der Waals surface area (Å²) in [6.07, 6.45) is 0.908. The lowest BCUT2D eigenvalue weighted by Crippen LogP contribution is -2.19. The third kappa shape index (κ3) is 2.85. The Hall–Kier alpha value is -1.71. The van der Waals surface area contributed by atoms with Gasteiger partial charge in [0.1, 0.15) is 5.82 Å². The van der Waals surface area contributed by atoms with Crippen LogP contribution in [0.5, 0.6) is 0 Å². The Morgan fingerprint density at radius 2 is 2.00 bits per heavy atom. The highest BCUT2D eigenvalue weighted by atomic mass is 32.1. The average Bonchev–Trinajstić information content (AvgIpc) is 2.91. The van der Waals surface area contributed by atoms with Crippen molar-refractivity contribution in [3.05, 3.63) is 70.4 Å². The van der Waals surface area contributed by atoms with Crippen LogP contribution < -0.4 is 5.32 Å². The molecule has 1 N–H and O–H groups in total. The van der Waals surface area contributed by atoms with Gasteiger partial charge in [0, 0.05) is 10.7 Å². The van der Waals surface area contributed by atoms with Gasteiger partial charge in [0.2, 0.25) is 0 Å². The second-order valence-electron chi connectivity index (χ2n) is 5.31. The molecule has 1 nitrogen and oxygen atoms in total. The number of thiophene rings is 1. The number of rotatable bonds is 4. The van der Waals surface area contributed by atoms with Gasteiger partial charge in [0.05, 0.1) is 0 Å². The van der Waals surface area contributed by atoms with E-state index in [0.29, 0.717) is 5.56 Å². The molecule has 0 fully saturated rings. The third-order valence-electron chi connectivity index (χ3n) is 3.92. The highest BCUT2D eigenvalue weighted by Gasteiger charge is 2.14. The maximum Gasteiger partial charge on any atom is 0.126 e. The van der Waals surface area contributed by atoms with E-state index in [9.17, 15) is 4.39 Å². The summed E-state index contributed by atoms with van der Waals surface area (Å²) in [6, 6.07) is 14.0. The molecule has 0 aliphatic carbocycles. The van der Waals surface area contributed by atoms with Gasteiger partial charge in [-0.15, -0.1) is 11.3 Å². The van der Waals surface area contributed by atoms with Crippen LogP contribution >= 0.6 is 11.3 Å². The summed E-state index contributed by atoms with van der Waals surface area (Å²) in [4.78, 5) is 0. The average molecular weight is 299 g/mol. The largest absolute Gasteiger partial charge is 0.313 e. The van der Waals surface area contributed by atoms with Crippen LogP contribution in [0.4, 0.5) is 4.39 Å². The molecule has 0 aliphatic heterocycles. The molecule has 21 heavy (non-hydrogen) atoms. The predicted octanol–water partition coefficient (Wildman–Crippen LogP) is 4.85. The molecule has 2 aromatic carbocycles. The summed E-state index contributed by atoms with van der Waals surface area (Å²) in [6.45, 7) is 1.81. The van der Waals surface area contributed by atoms with Crippen LogP contribution in [0.3, 0.4) is 0 Å². The van der Waals surface area contributed by atoms with Crippen LogP contribution in [-0.4, -0.2) is 7.05 Å². The van der Waals surface area contributed by atoms with E-state index in [2.05, 4.69) is 35.0 Å². The molecule has 0 spiro atoms. The van der Waals surface area contributed by atoms with Gasteiger partial charge in [-0.05, 0) is 60.0 Å². The number of likely N-dealkylation sites (N-methyl/N-ethyl adjacent to an activating group) is 1. The van der Waals surface area contributed by atoms with E-state index < -0.39 is 0 Å². The molecule has 1 unspecified atom stereocenters. The van der Waals surface area contributed by atoms with E-state index in [1.54, 1.807) is 17.4 Å². The maximum absolute atomic E-state index is 13.4. The van der Waals surface area contributed by atoms with Gasteiger partial charge in [0.25, 0.3) is 0 Å². The smallest absolute Gasteiger partial charge is 0.126 e. The SMILES string of the molecule is CNC(Cc1csc2ccccc12)c1ccc(F)c(C)c1. The first-order valence-corrected chi connectivity index (χ1v) is 7.95. The van der Waals surface area contributed by atoms with Crippen LogP contribution in [0.15, 0.2) is 47.8 Å². The van der Waals surface area contributed by atoms with Crippen LogP contribution in [0.1, 0.15) is 22.7 Å². The first-order chi connectivity index (χ1) is 10.2. The summed E-state index contributed by atoms with van der Waals surface area (Å²) in [5, 5.41) is 6.90. The molecule has 0 saturated carbocycles. The number of halogens is 1. The number of benzene rings is 2. The summed E-state index contributed by atoms with van der Waals surface area (Å²) in [7, 11) is 1.96. The Kier molecular flexibility index (Phi) is 4.04. The molecule has 0 saturated heterocycles. The quantitative estimate of drug-likeness (QED) is 0.726. The minimum Gasteiger partial charge on any atom is -0.313 e. The maximum atomic E-state index is 13.4. The lowest BCUT2D eigenvalue weighted by molar-refractivity contribution is 0.585. The Morgan fingerprint density at radius 1 is 1.19 bits per heavy atom. The van der Waals surface area contributed by atoms with Gasteiger partial charge in [0.15, 0.2) is 0 Å². The van der Waals surface area contributed by atoms with Crippen molar-refractivity contribution in [3.63, 3.8) is 0 Å². The zero-order chi connectivity index (χ0) is 14.8. The van der Waals surface area contributed by atoms with Gasteiger partial charge in [-0.3, -0.25) is 0 Å². The van der Waals surface area contributed by atoms with E-state index in [1.165, 1.54) is 15.6 Å². The lowest BCUT2D eigenvalue weighted by Gasteiger charge is -2.17. The molecule has 0 amide bonds. The van der Waals surface area contributed by atoms with Crippen molar-refractivity contribution in [1.82, 2.24) is 5.32 Å². The van der Waals surface area contributed by atoms with Crippen molar-refractivity contribution < 1.29 is 4.39 Å². The Bertz CT molecular complexity index is 763. The number of aryl methyl sites for hydroxylation is 1. The molecule has 0 aliphatic rings. The standard InChI is InChI=1S/C18H18FNS/c1-12-9-13(7-8-16(12)19)17(20-2)10-14-11-21-18-6-4-3-5-15(14)18/h3-9,11,17,20H,10H2,1-2H3. The highest BCUT2D eigenvalue weighted by Crippen LogP contribution is 2.29. The first kappa shape index (κ1) is 14.2. The minimum absolute atomic E-state index is 0.144. The fourth-order valence-corrected chi connectivity index (χ4v) is 3.66. The van der Waals surface area contributed by atoms with Gasteiger partial charge >= 0.3 is 0 Å². The lowest BCUT2D eigenvalue weighted by atomic mass is 9.97. The molecule has 108 valence electrons. The summed E-state index contributed by atoms with van der Waals surface area (Å²) in [5.41, 5.74) is 3.17. The molecule has 1 aromatic heterocycles. The molecular weight excluding hydrogens is 281 g/mol. The summed E-state index contributed by atoms with van der Waals surface area (Å²) >= 11 is 1.78. The molecule has 3 aromatic rings. The summed E-state index contributed by atoms with van der Waals surface area (Å²) in [5.74, 6) is -0.144. The predicted molar refractivity (Wildman–Crippen MR) is 88.5 cm³/mol. The van der Waals surface area contributed by atoms with Crippen molar-refractivity contribution in [3.8, 4) is 0 Å². The molecule has 3 heteroatoms. The van der Waals surface area contributed by atoms with Crippen LogP contribution in [0, 0.1) is 12.7 Å². The van der Waals surface area contributed by atoms with E-state index in [-0.39, 0.29) is 11.9 Å². The molecule has 3 rings (SSSR count). The fraction of sp³-hybridized carbons (Fsp3) is 0.222. The van der Waals surface area contributed by atoms with Crippen molar-refractivity contribution in [2.75, 3.05) is 7.05 Å². The highest BCUT2D eigenvalue weighted by molar-refractivity contribution is 7.17. The normalized spacial score (nSPS) is 12.7. The molecule has 1 heterocycles. The number of fused-ring (bicyclic) bond motifs is 1. The zero-order valence-corrected chi connectivity index (χ0v) is 13.0. The second kappa shape index (κ2) is 5.96. The number of hydrogen-bond donors (Lipinski definition) is 1. The van der Waals surface area contributed by atoms with Gasteiger partial charge in [-0.2, -0.15) is 0 Å². The van der Waals surface area contributed by atoms with Crippen molar-refractivity contribution in [2.24, 2.45) is 0 Å².